The second kappa shape index (κ2) is 11.2. The molecule has 3 saturated carbocycles. The quantitative estimate of drug-likeness (QED) is 0.330. The van der Waals surface area contributed by atoms with Gasteiger partial charge in [0, 0.05) is 29.8 Å². The maximum atomic E-state index is 17.3. The van der Waals surface area contributed by atoms with Gasteiger partial charge in [-0.05, 0) is 83.8 Å². The van der Waals surface area contributed by atoms with Crippen LogP contribution < -0.4 is 5.32 Å². The van der Waals surface area contributed by atoms with Crippen molar-refractivity contribution in [1.29, 1.82) is 0 Å². The lowest BCUT2D eigenvalue weighted by atomic mass is 9.44. The standard InChI is InChI=1S/C32H46FNO8/c1-7-42-28(3,4)12-11-26(38)34-17-27(39)41-18-25(37)32(40)19(2)14-23-22-9-8-20-15-21(35)10-13-29(20,5)31(22,33)24(36)16-30(23,32)6/h10,13,15,19,22-24,36,40H,7-9,11-12,14,16-18H2,1-6H3,(H,34,38)/t19-,22+,23+,24+,29+,30+,31+,32+/m1/s1. The van der Waals surface area contributed by atoms with Crippen molar-refractivity contribution in [1.82, 2.24) is 5.32 Å². The number of aliphatic hydroxyl groups is 2. The molecule has 234 valence electrons. The second-order valence-electron chi connectivity index (χ2n) is 13.7. The molecule has 1 amide bonds. The Morgan fingerprint density at radius 1 is 1.21 bits per heavy atom. The number of rotatable bonds is 10. The topological polar surface area (TPSA) is 139 Å². The highest BCUT2D eigenvalue weighted by Crippen LogP contribution is 2.70. The fourth-order valence-electron chi connectivity index (χ4n) is 8.58. The van der Waals surface area contributed by atoms with Crippen LogP contribution in [0.15, 0.2) is 23.8 Å². The number of Topliss-reactive ketones (excluding diaryl/α,β-unsaturated/α-hetero) is 1. The zero-order valence-corrected chi connectivity index (χ0v) is 25.6. The molecule has 0 saturated heterocycles. The lowest BCUT2D eigenvalue weighted by molar-refractivity contribution is -0.219. The van der Waals surface area contributed by atoms with Crippen LogP contribution in [0.2, 0.25) is 0 Å². The molecule has 0 aromatic rings. The lowest BCUT2D eigenvalue weighted by Crippen LogP contribution is -2.69. The minimum atomic E-state index is -2.07. The van der Waals surface area contributed by atoms with E-state index in [2.05, 4.69) is 5.32 Å². The molecule has 42 heavy (non-hydrogen) atoms. The number of hydrogen-bond acceptors (Lipinski definition) is 8. The van der Waals surface area contributed by atoms with Crippen LogP contribution in [0, 0.1) is 28.6 Å². The van der Waals surface area contributed by atoms with E-state index in [4.69, 9.17) is 9.47 Å². The van der Waals surface area contributed by atoms with Gasteiger partial charge in [-0.3, -0.25) is 19.2 Å². The molecule has 0 spiro atoms. The molecular formula is C32H46FNO8. The number of ether oxygens (including phenoxy) is 2. The van der Waals surface area contributed by atoms with Gasteiger partial charge in [0.2, 0.25) is 11.7 Å². The van der Waals surface area contributed by atoms with Crippen LogP contribution in [-0.4, -0.2) is 76.4 Å². The third-order valence-corrected chi connectivity index (χ3v) is 10.9. The predicted octanol–water partition coefficient (Wildman–Crippen LogP) is 3.16. The van der Waals surface area contributed by atoms with Crippen LogP contribution in [-0.2, 0) is 28.7 Å². The molecule has 8 atom stereocenters. The minimum Gasteiger partial charge on any atom is -0.456 e. The second-order valence-corrected chi connectivity index (χ2v) is 13.7. The predicted molar refractivity (Wildman–Crippen MR) is 152 cm³/mol. The van der Waals surface area contributed by atoms with E-state index in [1.54, 1.807) is 26.8 Å². The van der Waals surface area contributed by atoms with Crippen LogP contribution in [0.1, 0.15) is 80.1 Å². The lowest BCUT2D eigenvalue weighted by Gasteiger charge is -2.62. The number of carbonyl (C=O) groups excluding carboxylic acids is 4. The molecule has 0 aromatic heterocycles. The minimum absolute atomic E-state index is 0.151. The van der Waals surface area contributed by atoms with Gasteiger partial charge in [-0.25, -0.2) is 4.39 Å². The molecule has 3 N–H and O–H groups in total. The third kappa shape index (κ3) is 5.07. The summed E-state index contributed by atoms with van der Waals surface area (Å²) < 4.78 is 28.0. The first kappa shape index (κ1) is 32.5. The molecule has 0 aliphatic heterocycles. The molecule has 4 aliphatic carbocycles. The van der Waals surface area contributed by atoms with Crippen molar-refractivity contribution in [3.63, 3.8) is 0 Å². The molecule has 0 unspecified atom stereocenters. The Bertz CT molecular complexity index is 1200. The summed E-state index contributed by atoms with van der Waals surface area (Å²) in [5.74, 6) is -3.73. The highest BCUT2D eigenvalue weighted by molar-refractivity contribution is 6.01. The average molecular weight is 592 g/mol. The van der Waals surface area contributed by atoms with Crippen LogP contribution in [0.3, 0.4) is 0 Å². The monoisotopic (exact) mass is 591 g/mol. The van der Waals surface area contributed by atoms with Gasteiger partial charge in [-0.2, -0.15) is 0 Å². The van der Waals surface area contributed by atoms with Gasteiger partial charge in [0.25, 0.3) is 0 Å². The van der Waals surface area contributed by atoms with Crippen molar-refractivity contribution >= 4 is 23.4 Å². The molecule has 4 rings (SSSR count). The first-order chi connectivity index (χ1) is 19.5. The fourth-order valence-corrected chi connectivity index (χ4v) is 8.58. The van der Waals surface area contributed by atoms with Gasteiger partial charge in [0.1, 0.15) is 12.1 Å². The molecule has 0 radical (unpaired) electrons. The van der Waals surface area contributed by atoms with E-state index in [1.165, 1.54) is 12.2 Å². The molecule has 0 heterocycles. The number of esters is 1. The largest absolute Gasteiger partial charge is 0.456 e. The third-order valence-electron chi connectivity index (χ3n) is 10.9. The molecule has 0 bridgehead atoms. The highest BCUT2D eigenvalue weighted by atomic mass is 19.1. The van der Waals surface area contributed by atoms with Gasteiger partial charge < -0.3 is 25.0 Å². The van der Waals surface area contributed by atoms with Crippen molar-refractivity contribution in [2.75, 3.05) is 19.8 Å². The Kier molecular flexibility index (Phi) is 8.70. The highest BCUT2D eigenvalue weighted by Gasteiger charge is 2.75. The van der Waals surface area contributed by atoms with E-state index in [1.807, 2.05) is 20.8 Å². The van der Waals surface area contributed by atoms with Crippen LogP contribution in [0.4, 0.5) is 4.39 Å². The maximum Gasteiger partial charge on any atom is 0.325 e. The van der Waals surface area contributed by atoms with E-state index in [0.717, 1.165) is 0 Å². The number of carbonyl (C=O) groups is 4. The van der Waals surface area contributed by atoms with Crippen LogP contribution in [0.25, 0.3) is 0 Å². The van der Waals surface area contributed by atoms with Crippen LogP contribution >= 0.6 is 0 Å². The van der Waals surface area contributed by atoms with Gasteiger partial charge in [-0.1, -0.05) is 25.5 Å². The number of allylic oxidation sites excluding steroid dienone is 4. The Balaban J connectivity index is 1.43. The Hall–Kier alpha value is -2.43. The Morgan fingerprint density at radius 2 is 1.90 bits per heavy atom. The van der Waals surface area contributed by atoms with Crippen molar-refractivity contribution < 1.29 is 43.3 Å². The Morgan fingerprint density at radius 3 is 2.57 bits per heavy atom. The number of aliphatic hydroxyl groups excluding tert-OH is 1. The van der Waals surface area contributed by atoms with Crippen molar-refractivity contribution in [2.24, 2.45) is 28.6 Å². The molecule has 9 nitrogen and oxygen atoms in total. The van der Waals surface area contributed by atoms with Crippen molar-refractivity contribution in [2.45, 2.75) is 103 Å². The zero-order valence-electron chi connectivity index (χ0n) is 25.6. The number of alkyl halides is 1. The molecule has 4 aliphatic rings. The molecule has 0 aromatic carbocycles. The summed E-state index contributed by atoms with van der Waals surface area (Å²) in [5.41, 5.74) is -6.18. The number of hydrogen-bond donors (Lipinski definition) is 3. The fraction of sp³-hybridized carbons (Fsp3) is 0.750. The van der Waals surface area contributed by atoms with Gasteiger partial charge in [0.05, 0.1) is 11.7 Å². The molecule has 10 heteroatoms. The number of nitrogens with one attached hydrogen (secondary N) is 1. The molecule has 3 fully saturated rings. The number of fused-ring (bicyclic) bond motifs is 5. The maximum absolute atomic E-state index is 17.3. The van der Waals surface area contributed by atoms with E-state index in [-0.39, 0.29) is 24.5 Å². The number of amides is 1. The summed E-state index contributed by atoms with van der Waals surface area (Å²) in [6, 6.07) is 0. The first-order valence-corrected chi connectivity index (χ1v) is 15.1. The SMILES string of the molecule is CCOC(C)(C)CCC(=O)NCC(=O)OCC(=O)[C@@]1(O)[C@H](C)C[C@H]2[C@@H]3CCC4=CC(=O)C=C[C@]4(C)[C@@]3(F)[C@@H](O)C[C@@]21C. The average Bonchev–Trinajstić information content (AvgIpc) is 3.12. The summed E-state index contributed by atoms with van der Waals surface area (Å²) in [6.45, 7) is 10.2. The van der Waals surface area contributed by atoms with E-state index in [0.29, 0.717) is 37.9 Å². The number of halogens is 1. The van der Waals surface area contributed by atoms with Gasteiger partial charge >= 0.3 is 5.97 Å². The summed E-state index contributed by atoms with van der Waals surface area (Å²) in [6.07, 6.45) is 4.56. The van der Waals surface area contributed by atoms with Gasteiger partial charge in [0.15, 0.2) is 18.1 Å². The first-order valence-electron chi connectivity index (χ1n) is 15.1. The molecular weight excluding hydrogens is 545 g/mol. The van der Waals surface area contributed by atoms with Crippen molar-refractivity contribution in [3.05, 3.63) is 23.8 Å². The van der Waals surface area contributed by atoms with Gasteiger partial charge in [-0.15, -0.1) is 0 Å². The summed E-state index contributed by atoms with van der Waals surface area (Å²) in [5, 5.41) is 25.9. The summed E-state index contributed by atoms with van der Waals surface area (Å²) >= 11 is 0. The smallest absolute Gasteiger partial charge is 0.325 e. The van der Waals surface area contributed by atoms with Crippen molar-refractivity contribution in [3.8, 4) is 0 Å². The summed E-state index contributed by atoms with van der Waals surface area (Å²) in [4.78, 5) is 50.2. The van der Waals surface area contributed by atoms with E-state index < -0.39 is 76.5 Å². The Labute approximate surface area is 247 Å². The zero-order chi connectivity index (χ0) is 31.3. The van der Waals surface area contributed by atoms with E-state index in [9.17, 15) is 29.4 Å². The van der Waals surface area contributed by atoms with Crippen LogP contribution in [0.5, 0.6) is 0 Å². The van der Waals surface area contributed by atoms with E-state index >= 15 is 4.39 Å². The summed E-state index contributed by atoms with van der Waals surface area (Å²) in [7, 11) is 0. The number of ketones is 2. The normalized spacial score (nSPS) is 39.1.